The van der Waals surface area contributed by atoms with Crippen LogP contribution in [0.1, 0.15) is 19.4 Å². The van der Waals surface area contributed by atoms with E-state index in [1.807, 2.05) is 43.5 Å². The van der Waals surface area contributed by atoms with Gasteiger partial charge in [0.25, 0.3) is 0 Å². The van der Waals surface area contributed by atoms with Gasteiger partial charge in [-0.2, -0.15) is 0 Å². The van der Waals surface area contributed by atoms with Crippen LogP contribution in [0.25, 0.3) is 17.3 Å². The summed E-state index contributed by atoms with van der Waals surface area (Å²) in [5, 5.41) is 5.14. The lowest BCUT2D eigenvalue weighted by Gasteiger charge is -2.09. The molecule has 0 radical (unpaired) electrons. The Labute approximate surface area is 161 Å². The number of rotatable bonds is 6. The van der Waals surface area contributed by atoms with Gasteiger partial charge in [0, 0.05) is 17.0 Å². The molecule has 0 atom stereocenters. The number of carbonyl (C=O) groups is 1. The molecule has 0 aliphatic heterocycles. The smallest absolute Gasteiger partial charge is 0.250 e. The van der Waals surface area contributed by atoms with Crippen molar-refractivity contribution in [3.05, 3.63) is 71.4 Å². The van der Waals surface area contributed by atoms with E-state index in [4.69, 9.17) is 4.74 Å². The summed E-state index contributed by atoms with van der Waals surface area (Å²) in [6.07, 6.45) is 3.14. The first-order valence-corrected chi connectivity index (χ1v) is 9.35. The summed E-state index contributed by atoms with van der Waals surface area (Å²) in [7, 11) is 0. The Bertz CT molecular complexity index is 932. The Morgan fingerprint density at radius 2 is 1.85 bits per heavy atom. The summed E-state index contributed by atoms with van der Waals surface area (Å²) < 4.78 is 18.5. The zero-order chi connectivity index (χ0) is 19.2. The maximum atomic E-state index is 12.9. The van der Waals surface area contributed by atoms with Gasteiger partial charge in [0.15, 0.2) is 5.13 Å². The van der Waals surface area contributed by atoms with Gasteiger partial charge in [0.2, 0.25) is 5.91 Å². The van der Waals surface area contributed by atoms with Gasteiger partial charge in [-0.3, -0.25) is 10.1 Å². The first-order chi connectivity index (χ1) is 13.0. The molecule has 0 bridgehead atoms. The van der Waals surface area contributed by atoms with Crippen LogP contribution < -0.4 is 10.1 Å². The van der Waals surface area contributed by atoms with Crippen LogP contribution in [0, 0.1) is 5.82 Å². The van der Waals surface area contributed by atoms with E-state index in [2.05, 4.69) is 10.3 Å². The van der Waals surface area contributed by atoms with E-state index in [0.717, 1.165) is 22.6 Å². The molecule has 0 saturated heterocycles. The van der Waals surface area contributed by atoms with Crippen LogP contribution >= 0.6 is 11.3 Å². The number of ether oxygens (including phenoxy) is 1. The van der Waals surface area contributed by atoms with E-state index in [-0.39, 0.29) is 17.8 Å². The molecule has 1 amide bonds. The summed E-state index contributed by atoms with van der Waals surface area (Å²) >= 11 is 1.35. The normalized spacial score (nSPS) is 11.1. The maximum absolute atomic E-state index is 12.9. The molecule has 0 unspecified atom stereocenters. The van der Waals surface area contributed by atoms with Gasteiger partial charge in [-0.05, 0) is 61.9 Å². The fraction of sp³-hybridized carbons (Fsp3) is 0.143. The summed E-state index contributed by atoms with van der Waals surface area (Å²) in [5.41, 5.74) is 2.48. The average Bonchev–Trinajstić information content (AvgIpc) is 3.10. The van der Waals surface area contributed by atoms with Crippen LogP contribution in [0.2, 0.25) is 0 Å². The molecule has 0 aliphatic rings. The van der Waals surface area contributed by atoms with Crippen molar-refractivity contribution in [1.82, 2.24) is 4.98 Å². The molecule has 2 aromatic carbocycles. The highest BCUT2D eigenvalue weighted by Gasteiger charge is 2.07. The fourth-order valence-electron chi connectivity index (χ4n) is 2.33. The molecule has 4 nitrogen and oxygen atoms in total. The van der Waals surface area contributed by atoms with Crippen LogP contribution in [-0.2, 0) is 4.79 Å². The van der Waals surface area contributed by atoms with Gasteiger partial charge >= 0.3 is 0 Å². The molecule has 0 aliphatic carbocycles. The van der Waals surface area contributed by atoms with Crippen molar-refractivity contribution in [1.29, 1.82) is 0 Å². The summed E-state index contributed by atoms with van der Waals surface area (Å²) in [4.78, 5) is 16.5. The molecule has 1 N–H and O–H groups in total. The molecule has 1 heterocycles. The fourth-order valence-corrected chi connectivity index (χ4v) is 3.06. The van der Waals surface area contributed by atoms with Gasteiger partial charge < -0.3 is 4.74 Å². The maximum Gasteiger partial charge on any atom is 0.250 e. The third-order valence-electron chi connectivity index (χ3n) is 3.55. The first-order valence-electron chi connectivity index (χ1n) is 8.47. The lowest BCUT2D eigenvalue weighted by Crippen LogP contribution is -2.07. The third-order valence-corrected chi connectivity index (χ3v) is 4.31. The predicted molar refractivity (Wildman–Crippen MR) is 107 cm³/mol. The topological polar surface area (TPSA) is 51.2 Å². The van der Waals surface area contributed by atoms with Crippen molar-refractivity contribution in [3.8, 4) is 17.0 Å². The Hall–Kier alpha value is -2.99. The molecule has 27 heavy (non-hydrogen) atoms. The molecule has 0 saturated carbocycles. The summed E-state index contributed by atoms with van der Waals surface area (Å²) in [6, 6.07) is 13.6. The van der Waals surface area contributed by atoms with Gasteiger partial charge in [0.1, 0.15) is 11.6 Å². The largest absolute Gasteiger partial charge is 0.491 e. The first kappa shape index (κ1) is 18.8. The second-order valence-electron chi connectivity index (χ2n) is 6.10. The highest BCUT2D eigenvalue weighted by Crippen LogP contribution is 2.26. The molecular formula is C21H19FN2O2S. The minimum Gasteiger partial charge on any atom is -0.491 e. The number of hydrogen-bond acceptors (Lipinski definition) is 4. The van der Waals surface area contributed by atoms with Crippen molar-refractivity contribution in [2.45, 2.75) is 20.0 Å². The Kier molecular flexibility index (Phi) is 5.98. The number of halogens is 1. The molecule has 138 valence electrons. The minimum absolute atomic E-state index is 0.125. The van der Waals surface area contributed by atoms with Gasteiger partial charge in [-0.1, -0.05) is 12.1 Å². The number of aromatic nitrogens is 1. The van der Waals surface area contributed by atoms with Crippen LogP contribution in [0.3, 0.4) is 0 Å². The number of thiazole rings is 1. The number of hydrogen-bond donors (Lipinski definition) is 1. The van der Waals surface area contributed by atoms with Crippen LogP contribution in [-0.4, -0.2) is 17.0 Å². The Balaban J connectivity index is 1.61. The zero-order valence-electron chi connectivity index (χ0n) is 15.0. The quantitative estimate of drug-likeness (QED) is 0.582. The van der Waals surface area contributed by atoms with Crippen molar-refractivity contribution in [3.63, 3.8) is 0 Å². The minimum atomic E-state index is -0.310. The third kappa shape index (κ3) is 5.49. The van der Waals surface area contributed by atoms with E-state index in [0.29, 0.717) is 5.13 Å². The Morgan fingerprint density at radius 3 is 2.52 bits per heavy atom. The van der Waals surface area contributed by atoms with E-state index in [9.17, 15) is 9.18 Å². The van der Waals surface area contributed by atoms with Gasteiger partial charge in [-0.15, -0.1) is 11.3 Å². The van der Waals surface area contributed by atoms with Crippen LogP contribution in [0.5, 0.6) is 5.75 Å². The van der Waals surface area contributed by atoms with E-state index in [1.165, 1.54) is 29.5 Å². The lowest BCUT2D eigenvalue weighted by molar-refractivity contribution is -0.111. The molecule has 3 aromatic rings. The number of carbonyl (C=O) groups excluding carboxylic acids is 1. The molecule has 3 rings (SSSR count). The van der Waals surface area contributed by atoms with E-state index in [1.54, 1.807) is 18.2 Å². The SMILES string of the molecule is CC(C)Oc1ccc(-c2csc(NC(=O)/C=C/c3ccc(F)cc3)n2)cc1. The monoisotopic (exact) mass is 382 g/mol. The average molecular weight is 382 g/mol. The van der Waals surface area contributed by atoms with Crippen molar-refractivity contribution >= 4 is 28.5 Å². The number of amides is 1. The number of nitrogens with one attached hydrogen (secondary N) is 1. The molecule has 0 spiro atoms. The second-order valence-corrected chi connectivity index (χ2v) is 6.96. The molecule has 0 fully saturated rings. The zero-order valence-corrected chi connectivity index (χ0v) is 15.8. The standard InChI is InChI=1S/C21H19FN2O2S/c1-14(2)26-18-10-6-16(7-11-18)19-13-27-21(23-19)24-20(25)12-5-15-3-8-17(22)9-4-15/h3-14H,1-2H3,(H,23,24,25)/b12-5+. The van der Waals surface area contributed by atoms with Crippen LogP contribution in [0.15, 0.2) is 60.0 Å². The van der Waals surface area contributed by atoms with Gasteiger partial charge in [0.05, 0.1) is 11.8 Å². The number of benzene rings is 2. The predicted octanol–water partition coefficient (Wildman–Crippen LogP) is 5.39. The highest BCUT2D eigenvalue weighted by atomic mass is 32.1. The molecule has 6 heteroatoms. The molecular weight excluding hydrogens is 363 g/mol. The van der Waals surface area contributed by atoms with E-state index < -0.39 is 0 Å². The second kappa shape index (κ2) is 8.60. The highest BCUT2D eigenvalue weighted by molar-refractivity contribution is 7.14. The lowest BCUT2D eigenvalue weighted by atomic mass is 10.2. The number of nitrogens with zero attached hydrogens (tertiary/aromatic N) is 1. The summed E-state index contributed by atoms with van der Waals surface area (Å²) in [6.45, 7) is 3.96. The Morgan fingerprint density at radius 1 is 1.15 bits per heavy atom. The molecule has 1 aromatic heterocycles. The van der Waals surface area contributed by atoms with Crippen LogP contribution in [0.4, 0.5) is 9.52 Å². The van der Waals surface area contributed by atoms with Crippen molar-refractivity contribution < 1.29 is 13.9 Å². The van der Waals surface area contributed by atoms with Crippen molar-refractivity contribution in [2.24, 2.45) is 0 Å². The van der Waals surface area contributed by atoms with Gasteiger partial charge in [-0.25, -0.2) is 9.37 Å². The van der Waals surface area contributed by atoms with E-state index >= 15 is 0 Å². The number of anilines is 1. The summed E-state index contributed by atoms with van der Waals surface area (Å²) in [5.74, 6) is 0.208. The van der Waals surface area contributed by atoms with Crippen molar-refractivity contribution in [2.75, 3.05) is 5.32 Å².